The van der Waals surface area contributed by atoms with Gasteiger partial charge in [0.15, 0.2) is 0 Å². The third-order valence-corrected chi connectivity index (χ3v) is 17.0. The summed E-state index contributed by atoms with van der Waals surface area (Å²) in [7, 11) is 0. The van der Waals surface area contributed by atoms with Crippen LogP contribution in [0.5, 0.6) is 0 Å². The van der Waals surface area contributed by atoms with Gasteiger partial charge in [0.1, 0.15) is 0 Å². The molecular formula is C73H141NO5. The molecule has 6 heteroatoms. The van der Waals surface area contributed by atoms with Gasteiger partial charge in [-0.3, -0.25) is 9.59 Å². The highest BCUT2D eigenvalue weighted by atomic mass is 16.5. The van der Waals surface area contributed by atoms with Crippen LogP contribution in [0.25, 0.3) is 0 Å². The summed E-state index contributed by atoms with van der Waals surface area (Å²) >= 11 is 0. The molecule has 1 amide bonds. The van der Waals surface area contributed by atoms with Crippen molar-refractivity contribution in [1.82, 2.24) is 5.32 Å². The molecule has 3 N–H and O–H groups in total. The third-order valence-electron chi connectivity index (χ3n) is 17.0. The van der Waals surface area contributed by atoms with Crippen LogP contribution in [0.3, 0.4) is 0 Å². The zero-order chi connectivity index (χ0) is 57.1. The van der Waals surface area contributed by atoms with Crippen molar-refractivity contribution in [2.45, 2.75) is 418 Å². The first-order chi connectivity index (χ1) is 39.0. The summed E-state index contributed by atoms with van der Waals surface area (Å²) in [5.74, 6) is -0.0464. The zero-order valence-corrected chi connectivity index (χ0v) is 53.6. The van der Waals surface area contributed by atoms with E-state index in [1.54, 1.807) is 6.08 Å². The van der Waals surface area contributed by atoms with E-state index in [4.69, 9.17) is 4.74 Å². The van der Waals surface area contributed by atoms with Crippen LogP contribution in [0, 0.1) is 0 Å². The third kappa shape index (κ3) is 65.4. The van der Waals surface area contributed by atoms with E-state index >= 15 is 0 Å². The average Bonchev–Trinajstić information content (AvgIpc) is 3.45. The number of esters is 1. The number of unbranched alkanes of at least 4 members (excludes halogenated alkanes) is 55. The molecule has 0 saturated heterocycles. The molecule has 2 unspecified atom stereocenters. The first-order valence-corrected chi connectivity index (χ1v) is 36.1. The van der Waals surface area contributed by atoms with E-state index in [0.717, 1.165) is 38.5 Å². The Morgan fingerprint density at radius 2 is 0.595 bits per heavy atom. The molecule has 0 rings (SSSR count). The van der Waals surface area contributed by atoms with Gasteiger partial charge in [0.05, 0.1) is 25.4 Å². The molecule has 0 aliphatic rings. The second kappa shape index (κ2) is 68.8. The number of nitrogens with one attached hydrogen (secondary N) is 1. The Hall–Kier alpha value is -1.66. The standard InChI is InChI=1S/C73H141NO5/c1-3-5-7-9-11-13-15-17-19-20-21-31-34-38-41-45-49-53-57-61-65-71(76)70(69-75)74-72(77)66-62-58-54-50-46-42-39-35-32-29-27-25-23-22-24-26-28-30-33-36-40-44-48-52-56-60-64-68-79-73(78)67-63-59-55-51-47-43-37-18-16-14-12-10-8-6-4-2/h22-23,61,65,70-71,75-76H,3-21,24-60,62-64,66-69H2,1-2H3,(H,74,77)/b23-22-,65-61+. The highest BCUT2D eigenvalue weighted by Gasteiger charge is 2.18. The Balaban J connectivity index is 3.40. The van der Waals surface area contributed by atoms with Crippen molar-refractivity contribution in [2.24, 2.45) is 0 Å². The number of hydrogen-bond acceptors (Lipinski definition) is 5. The van der Waals surface area contributed by atoms with Gasteiger partial charge in [-0.2, -0.15) is 0 Å². The van der Waals surface area contributed by atoms with Crippen LogP contribution < -0.4 is 5.32 Å². The van der Waals surface area contributed by atoms with Crippen LogP contribution in [-0.2, 0) is 14.3 Å². The molecule has 0 bridgehead atoms. The molecule has 0 fully saturated rings. The van der Waals surface area contributed by atoms with Crippen molar-refractivity contribution >= 4 is 11.9 Å². The molecule has 2 atom stereocenters. The Bertz CT molecular complexity index is 1230. The van der Waals surface area contributed by atoms with E-state index < -0.39 is 12.1 Å². The number of carbonyl (C=O) groups is 2. The van der Waals surface area contributed by atoms with Crippen LogP contribution in [0.4, 0.5) is 0 Å². The number of amides is 1. The maximum absolute atomic E-state index is 12.5. The molecule has 0 aliphatic heterocycles. The SMILES string of the molecule is CCCCCCCCCCCCCCCCCCCC/C=C/C(O)C(CO)NC(=O)CCCCCCCCCCCCC/C=C\CCCCCCCCCCCCCCOC(=O)CCCCCCCCCCCCCCCCC. The van der Waals surface area contributed by atoms with Gasteiger partial charge >= 0.3 is 5.97 Å². The van der Waals surface area contributed by atoms with Gasteiger partial charge in [-0.05, 0) is 57.8 Å². The van der Waals surface area contributed by atoms with Gasteiger partial charge in [0.2, 0.25) is 5.91 Å². The summed E-state index contributed by atoms with van der Waals surface area (Å²) in [6.07, 6.45) is 86.9. The molecular weight excluding hydrogens is 971 g/mol. The normalized spacial score (nSPS) is 12.6. The Morgan fingerprint density at radius 1 is 0.342 bits per heavy atom. The van der Waals surface area contributed by atoms with Crippen LogP contribution >= 0.6 is 0 Å². The average molecular weight is 1110 g/mol. The molecule has 0 aliphatic carbocycles. The first-order valence-electron chi connectivity index (χ1n) is 36.1. The van der Waals surface area contributed by atoms with Crippen molar-refractivity contribution < 1.29 is 24.5 Å². The number of ether oxygens (including phenoxy) is 1. The second-order valence-electron chi connectivity index (χ2n) is 24.9. The van der Waals surface area contributed by atoms with E-state index in [-0.39, 0.29) is 18.5 Å². The fourth-order valence-electron chi connectivity index (χ4n) is 11.5. The quantitative estimate of drug-likeness (QED) is 0.0320. The number of hydrogen-bond donors (Lipinski definition) is 3. The van der Waals surface area contributed by atoms with E-state index in [0.29, 0.717) is 19.4 Å². The van der Waals surface area contributed by atoms with E-state index in [9.17, 15) is 19.8 Å². The predicted molar refractivity (Wildman–Crippen MR) is 347 cm³/mol. The highest BCUT2D eigenvalue weighted by molar-refractivity contribution is 5.76. The molecule has 79 heavy (non-hydrogen) atoms. The molecule has 0 aromatic carbocycles. The maximum atomic E-state index is 12.5. The highest BCUT2D eigenvalue weighted by Crippen LogP contribution is 2.19. The summed E-state index contributed by atoms with van der Waals surface area (Å²) < 4.78 is 5.50. The van der Waals surface area contributed by atoms with E-state index in [1.165, 1.54) is 340 Å². The molecule has 6 nitrogen and oxygen atoms in total. The smallest absolute Gasteiger partial charge is 0.305 e. The molecule has 0 radical (unpaired) electrons. The van der Waals surface area contributed by atoms with Crippen LogP contribution in [0.1, 0.15) is 406 Å². The number of carbonyl (C=O) groups excluding carboxylic acids is 2. The molecule has 0 heterocycles. The maximum Gasteiger partial charge on any atom is 0.305 e. The number of aliphatic hydroxyl groups is 2. The molecule has 0 aromatic rings. The zero-order valence-electron chi connectivity index (χ0n) is 53.6. The van der Waals surface area contributed by atoms with Crippen LogP contribution in [0.2, 0.25) is 0 Å². The lowest BCUT2D eigenvalue weighted by Gasteiger charge is -2.20. The van der Waals surface area contributed by atoms with Gasteiger partial charge in [-0.15, -0.1) is 0 Å². The minimum absolute atomic E-state index is 0.0184. The monoisotopic (exact) mass is 1110 g/mol. The van der Waals surface area contributed by atoms with Gasteiger partial charge in [0, 0.05) is 12.8 Å². The van der Waals surface area contributed by atoms with Crippen LogP contribution in [-0.4, -0.2) is 47.4 Å². The van der Waals surface area contributed by atoms with Gasteiger partial charge in [-0.25, -0.2) is 0 Å². The topological polar surface area (TPSA) is 95.9 Å². The van der Waals surface area contributed by atoms with Crippen molar-refractivity contribution in [3.63, 3.8) is 0 Å². The van der Waals surface area contributed by atoms with Crippen molar-refractivity contribution in [3.8, 4) is 0 Å². The summed E-state index contributed by atoms with van der Waals surface area (Å²) in [6.45, 7) is 4.95. The summed E-state index contributed by atoms with van der Waals surface area (Å²) in [5, 5.41) is 23.2. The van der Waals surface area contributed by atoms with Gasteiger partial charge < -0.3 is 20.3 Å². The lowest BCUT2D eigenvalue weighted by molar-refractivity contribution is -0.143. The summed E-state index contributed by atoms with van der Waals surface area (Å²) in [5.41, 5.74) is 0. The Labute approximate surface area is 494 Å². The fourth-order valence-corrected chi connectivity index (χ4v) is 11.5. The lowest BCUT2D eigenvalue weighted by atomic mass is 10.0. The molecule has 0 aromatic heterocycles. The van der Waals surface area contributed by atoms with E-state index in [2.05, 4.69) is 31.3 Å². The minimum atomic E-state index is -0.846. The van der Waals surface area contributed by atoms with Crippen molar-refractivity contribution in [1.29, 1.82) is 0 Å². The molecule has 0 saturated carbocycles. The first kappa shape index (κ1) is 77.3. The predicted octanol–water partition coefficient (Wildman–Crippen LogP) is 23.3. The molecule has 0 spiro atoms. The van der Waals surface area contributed by atoms with Crippen LogP contribution in [0.15, 0.2) is 24.3 Å². The minimum Gasteiger partial charge on any atom is -0.466 e. The van der Waals surface area contributed by atoms with Gasteiger partial charge in [0.25, 0.3) is 0 Å². The Kier molecular flexibility index (Phi) is 67.4. The summed E-state index contributed by atoms with van der Waals surface area (Å²) in [6, 6.07) is -0.629. The molecule has 468 valence electrons. The van der Waals surface area contributed by atoms with Crippen molar-refractivity contribution in [3.05, 3.63) is 24.3 Å². The second-order valence-corrected chi connectivity index (χ2v) is 24.9. The summed E-state index contributed by atoms with van der Waals surface area (Å²) in [4.78, 5) is 24.6. The fraction of sp³-hybridized carbons (Fsp3) is 0.918. The lowest BCUT2D eigenvalue weighted by Crippen LogP contribution is -2.45. The van der Waals surface area contributed by atoms with E-state index in [1.807, 2.05) is 6.08 Å². The largest absolute Gasteiger partial charge is 0.466 e. The van der Waals surface area contributed by atoms with Gasteiger partial charge in [-0.1, -0.05) is 359 Å². The number of rotatable bonds is 68. The van der Waals surface area contributed by atoms with Crippen molar-refractivity contribution in [2.75, 3.05) is 13.2 Å². The number of aliphatic hydroxyl groups excluding tert-OH is 2. The Morgan fingerprint density at radius 3 is 0.899 bits per heavy atom. The number of allylic oxidation sites excluding steroid dienone is 3.